The quantitative estimate of drug-likeness (QED) is 0.275. The highest BCUT2D eigenvalue weighted by Gasteiger charge is 2.45. The van der Waals surface area contributed by atoms with Gasteiger partial charge in [0.2, 0.25) is 0 Å². The lowest BCUT2D eigenvalue weighted by Gasteiger charge is -2.22. The van der Waals surface area contributed by atoms with Crippen LogP contribution in [0.25, 0.3) is 0 Å². The molecule has 2 amide bonds. The first kappa shape index (κ1) is 37.1. The zero-order chi connectivity index (χ0) is 33.7. The summed E-state index contributed by atoms with van der Waals surface area (Å²) < 4.78 is 42.9. The van der Waals surface area contributed by atoms with Crippen molar-refractivity contribution in [2.24, 2.45) is 5.84 Å². The Morgan fingerprint density at radius 1 is 0.844 bits per heavy atom. The Hall–Kier alpha value is -4.08. The van der Waals surface area contributed by atoms with Crippen molar-refractivity contribution in [3.63, 3.8) is 0 Å². The van der Waals surface area contributed by atoms with Gasteiger partial charge in [-0.15, -0.1) is 13.2 Å². The van der Waals surface area contributed by atoms with Crippen molar-refractivity contribution in [3.8, 4) is 0 Å². The number of fused-ring (bicyclic) bond motifs is 6. The van der Waals surface area contributed by atoms with E-state index in [9.17, 15) is 9.59 Å². The van der Waals surface area contributed by atoms with E-state index < -0.39 is 23.1 Å². The molecule has 4 aliphatic rings. The van der Waals surface area contributed by atoms with Crippen LogP contribution in [-0.4, -0.2) is 92.3 Å². The average molecular weight is 664 g/mol. The van der Waals surface area contributed by atoms with Gasteiger partial charge in [0, 0.05) is 56.8 Å². The van der Waals surface area contributed by atoms with Crippen LogP contribution in [0.4, 0.5) is 21.0 Å². The van der Waals surface area contributed by atoms with E-state index in [0.717, 1.165) is 44.5 Å². The SMILES string of the molecule is C=C.CNc1cccc2c1C[C@H]1[C@@H]2CCN1C(=O)OC.COC(=O)N1CC[C@@H]2c3cccc(N(C)N)c3C[C@@H]21.O=S=O.O=S=O. The molecule has 0 spiro atoms. The standard InChI is InChI=1S/C14H19N3O2.C14H18N2O2.C2H4.2O2S/c1-16(15)12-5-3-4-9-10-6-7-17(14(18)19-2)13(10)8-11(9)12;1-15-12-5-3-4-9-10-6-7-16(14(17)18-2)13(10)8-11(9)12;1-2;2*1-3-2/h3-5,10,13H,6-8,15H2,1-2H3;3-5,10,13,15H,6-8H2,1-2H3;1-2H2;;/t2*10-,13+;;;/m11.../s1. The Morgan fingerprint density at radius 3 is 1.69 bits per heavy atom. The summed E-state index contributed by atoms with van der Waals surface area (Å²) >= 11 is -1.50. The summed E-state index contributed by atoms with van der Waals surface area (Å²) in [4.78, 5) is 27.3. The van der Waals surface area contributed by atoms with E-state index in [1.165, 1.54) is 42.2 Å². The summed E-state index contributed by atoms with van der Waals surface area (Å²) in [5, 5.41) is 4.90. The predicted octanol–water partition coefficient (Wildman–Crippen LogP) is 3.15. The van der Waals surface area contributed by atoms with E-state index in [1.54, 1.807) is 5.01 Å². The number of benzene rings is 2. The molecule has 45 heavy (non-hydrogen) atoms. The topological polar surface area (TPSA) is 169 Å². The molecule has 2 aliphatic heterocycles. The van der Waals surface area contributed by atoms with Crippen molar-refractivity contribution in [2.45, 2.75) is 49.6 Å². The lowest BCUT2D eigenvalue weighted by molar-refractivity contribution is 0.118. The number of nitrogens with zero attached hydrogens (tertiary/aromatic N) is 3. The number of carbonyl (C=O) groups is 2. The molecular weight excluding hydrogens is 622 g/mol. The Bertz CT molecular complexity index is 1390. The monoisotopic (exact) mass is 663 g/mol. The number of nitrogens with two attached hydrogens (primary N) is 1. The highest BCUT2D eigenvalue weighted by Crippen LogP contribution is 2.46. The minimum absolute atomic E-state index is 0.193. The van der Waals surface area contributed by atoms with Gasteiger partial charge in [-0.2, -0.15) is 16.8 Å². The molecule has 2 aliphatic carbocycles. The fourth-order valence-corrected chi connectivity index (χ4v) is 6.95. The molecule has 0 unspecified atom stereocenters. The van der Waals surface area contributed by atoms with Crippen LogP contribution >= 0.6 is 0 Å². The number of amides is 2. The van der Waals surface area contributed by atoms with E-state index in [0.29, 0.717) is 11.8 Å². The van der Waals surface area contributed by atoms with Crippen LogP contribution in [0.15, 0.2) is 49.6 Å². The second-order valence-corrected chi connectivity index (χ2v) is 10.6. The van der Waals surface area contributed by atoms with Crippen LogP contribution in [0.3, 0.4) is 0 Å². The number of ether oxygens (including phenoxy) is 2. The fourth-order valence-electron chi connectivity index (χ4n) is 6.95. The molecule has 2 aromatic rings. The van der Waals surface area contributed by atoms with E-state index in [4.69, 9.17) is 32.2 Å². The molecule has 15 heteroatoms. The number of hydrogen-bond acceptors (Lipinski definition) is 11. The lowest BCUT2D eigenvalue weighted by atomic mass is 9.98. The molecule has 6 rings (SSSR count). The molecular formula is C30H41N5O8S2. The van der Waals surface area contributed by atoms with E-state index >= 15 is 0 Å². The number of nitrogens with one attached hydrogen (secondary N) is 1. The van der Waals surface area contributed by atoms with Gasteiger partial charge in [-0.3, -0.25) is 0 Å². The molecule has 3 N–H and O–H groups in total. The van der Waals surface area contributed by atoms with Crippen molar-refractivity contribution in [1.82, 2.24) is 9.80 Å². The number of carbonyl (C=O) groups excluding carboxylic acids is 2. The summed E-state index contributed by atoms with van der Waals surface area (Å²) in [6.07, 6.45) is 3.44. The summed E-state index contributed by atoms with van der Waals surface area (Å²) in [7, 11) is 6.69. The maximum Gasteiger partial charge on any atom is 0.409 e. The van der Waals surface area contributed by atoms with E-state index in [2.05, 4.69) is 42.7 Å². The van der Waals surface area contributed by atoms with Gasteiger partial charge < -0.3 is 29.6 Å². The normalized spacial score (nSPS) is 20.6. The molecule has 0 bridgehead atoms. The van der Waals surface area contributed by atoms with Crippen LogP contribution < -0.4 is 16.2 Å². The second-order valence-electron chi connectivity index (χ2n) is 10.4. The first-order chi connectivity index (χ1) is 21.7. The molecule has 2 aromatic carbocycles. The first-order valence-electron chi connectivity index (χ1n) is 14.1. The molecule has 13 nitrogen and oxygen atoms in total. The lowest BCUT2D eigenvalue weighted by Crippen LogP contribution is -2.36. The molecule has 2 saturated heterocycles. The third kappa shape index (κ3) is 8.15. The number of hydrogen-bond donors (Lipinski definition) is 2. The zero-order valence-electron chi connectivity index (χ0n) is 25.9. The van der Waals surface area contributed by atoms with Crippen molar-refractivity contribution >= 4 is 46.7 Å². The highest BCUT2D eigenvalue weighted by atomic mass is 32.1. The Morgan fingerprint density at radius 2 is 1.27 bits per heavy atom. The summed E-state index contributed by atoms with van der Waals surface area (Å²) in [5.74, 6) is 6.79. The van der Waals surface area contributed by atoms with Gasteiger partial charge in [0.25, 0.3) is 0 Å². The van der Waals surface area contributed by atoms with Crippen molar-refractivity contribution in [2.75, 3.05) is 51.7 Å². The van der Waals surface area contributed by atoms with Gasteiger partial charge in [0.15, 0.2) is 0 Å². The summed E-state index contributed by atoms with van der Waals surface area (Å²) in [5.41, 5.74) is 7.62. The van der Waals surface area contributed by atoms with Gasteiger partial charge in [-0.05, 0) is 60.1 Å². The molecule has 0 radical (unpaired) electrons. The second kappa shape index (κ2) is 18.0. The highest BCUT2D eigenvalue weighted by molar-refractivity contribution is 7.51. The number of anilines is 2. The van der Waals surface area contributed by atoms with Gasteiger partial charge >= 0.3 is 35.3 Å². The van der Waals surface area contributed by atoms with Crippen LogP contribution in [0.2, 0.25) is 0 Å². The van der Waals surface area contributed by atoms with Crippen molar-refractivity contribution in [3.05, 3.63) is 71.8 Å². The van der Waals surface area contributed by atoms with Crippen LogP contribution in [0.5, 0.6) is 0 Å². The molecule has 2 heterocycles. The van der Waals surface area contributed by atoms with Crippen LogP contribution in [-0.2, 0) is 45.5 Å². The fraction of sp³-hybridized carbons (Fsp3) is 0.467. The minimum Gasteiger partial charge on any atom is -0.453 e. The Kier molecular flexibility index (Phi) is 14.9. The van der Waals surface area contributed by atoms with Gasteiger partial charge in [-0.1, -0.05) is 24.3 Å². The number of rotatable bonds is 2. The molecule has 0 aromatic heterocycles. The Balaban J connectivity index is 0.000000256. The smallest absolute Gasteiger partial charge is 0.409 e. The zero-order valence-corrected chi connectivity index (χ0v) is 27.6. The van der Waals surface area contributed by atoms with Crippen molar-refractivity contribution in [1.29, 1.82) is 0 Å². The molecule has 246 valence electrons. The molecule has 0 saturated carbocycles. The van der Waals surface area contributed by atoms with Gasteiger partial charge in [0.05, 0.1) is 19.9 Å². The van der Waals surface area contributed by atoms with E-state index in [-0.39, 0.29) is 24.3 Å². The number of methoxy groups -OCH3 is 2. The third-order valence-electron chi connectivity index (χ3n) is 8.58. The van der Waals surface area contributed by atoms with E-state index in [1.807, 2.05) is 36.0 Å². The first-order valence-corrected chi connectivity index (χ1v) is 15.5. The number of likely N-dealkylation sites (tertiary alicyclic amines) is 2. The largest absolute Gasteiger partial charge is 0.453 e. The maximum atomic E-state index is 11.8. The maximum absolute atomic E-state index is 11.8. The van der Waals surface area contributed by atoms with Gasteiger partial charge in [-0.25, -0.2) is 15.4 Å². The third-order valence-corrected chi connectivity index (χ3v) is 8.58. The van der Waals surface area contributed by atoms with Crippen LogP contribution in [0, 0.1) is 0 Å². The molecule has 4 atom stereocenters. The van der Waals surface area contributed by atoms with Crippen LogP contribution in [0.1, 0.15) is 46.9 Å². The average Bonchev–Trinajstić information content (AvgIpc) is 3.82. The summed E-state index contributed by atoms with van der Waals surface area (Å²) in [6.45, 7) is 7.59. The predicted molar refractivity (Wildman–Crippen MR) is 172 cm³/mol. The van der Waals surface area contributed by atoms with Crippen molar-refractivity contribution < 1.29 is 35.9 Å². The van der Waals surface area contributed by atoms with Gasteiger partial charge in [0.1, 0.15) is 0 Å². The number of hydrazine groups is 1. The Labute approximate surface area is 270 Å². The summed E-state index contributed by atoms with van der Waals surface area (Å²) in [6, 6.07) is 13.1. The minimum atomic E-state index is -0.750. The molecule has 2 fully saturated rings.